The lowest BCUT2D eigenvalue weighted by Crippen LogP contribution is -2.54. The Kier molecular flexibility index (Phi) is 3.16. The van der Waals surface area contributed by atoms with Crippen LogP contribution in [0.5, 0.6) is 0 Å². The van der Waals surface area contributed by atoms with Crippen LogP contribution in [0.3, 0.4) is 0 Å². The summed E-state index contributed by atoms with van der Waals surface area (Å²) in [6, 6.07) is 0. The Morgan fingerprint density at radius 1 is 0.870 bits per heavy atom. The van der Waals surface area contributed by atoms with E-state index in [9.17, 15) is 0 Å². The van der Waals surface area contributed by atoms with Gasteiger partial charge in [-0.25, -0.2) is 0 Å². The molecule has 0 aromatic carbocycles. The molecule has 1 aliphatic heterocycles. The van der Waals surface area contributed by atoms with E-state index < -0.39 is 0 Å². The summed E-state index contributed by atoms with van der Waals surface area (Å²) in [6.07, 6.45) is 14.8. The molecule has 5 fully saturated rings. The number of hydrogen-bond acceptors (Lipinski definition) is 1. The quantitative estimate of drug-likeness (QED) is 0.555. The van der Waals surface area contributed by atoms with E-state index in [0.29, 0.717) is 16.4 Å². The van der Waals surface area contributed by atoms with Gasteiger partial charge in [0.25, 0.3) is 0 Å². The van der Waals surface area contributed by atoms with Crippen LogP contribution in [0.25, 0.3) is 0 Å². The molecule has 4 aliphatic carbocycles. The molecule has 1 heterocycles. The molecule has 130 valence electrons. The van der Waals surface area contributed by atoms with Crippen molar-refractivity contribution in [3.63, 3.8) is 0 Å². The summed E-state index contributed by atoms with van der Waals surface area (Å²) >= 11 is 0. The van der Waals surface area contributed by atoms with Gasteiger partial charge in [0.15, 0.2) is 0 Å². The predicted molar refractivity (Wildman–Crippen MR) is 94.2 cm³/mol. The smallest absolute Gasteiger partial charge is 0.0919 e. The molecule has 1 spiro atoms. The molecule has 23 heavy (non-hydrogen) atoms. The fourth-order valence-electron chi connectivity index (χ4n) is 8.45. The molecule has 1 heteroatoms. The average Bonchev–Trinajstić information content (AvgIpc) is 3.20. The zero-order chi connectivity index (χ0) is 15.9. The van der Waals surface area contributed by atoms with Gasteiger partial charge in [0.05, 0.1) is 12.2 Å². The van der Waals surface area contributed by atoms with Crippen molar-refractivity contribution in [1.82, 2.24) is 0 Å². The minimum Gasteiger partial charge on any atom is -0.370 e. The summed E-state index contributed by atoms with van der Waals surface area (Å²) in [6.45, 7) is 8.89. The second-order valence-electron chi connectivity index (χ2n) is 10.6. The zero-order valence-electron chi connectivity index (χ0n) is 15.6. The molecular weight excluding hydrogens is 280 g/mol. The van der Waals surface area contributed by atoms with Crippen LogP contribution in [0, 0.1) is 40.4 Å². The molecule has 0 bridgehead atoms. The van der Waals surface area contributed by atoms with Gasteiger partial charge in [-0.1, -0.05) is 27.2 Å². The highest BCUT2D eigenvalue weighted by Crippen LogP contribution is 2.69. The molecule has 8 unspecified atom stereocenters. The Morgan fingerprint density at radius 2 is 1.65 bits per heavy atom. The van der Waals surface area contributed by atoms with Crippen LogP contribution >= 0.6 is 0 Å². The number of ether oxygens (including phenoxy) is 1. The molecular formula is C22H36O. The van der Waals surface area contributed by atoms with Crippen molar-refractivity contribution < 1.29 is 4.74 Å². The molecule has 5 aliphatic rings. The first-order valence-electron chi connectivity index (χ1n) is 10.6. The average molecular weight is 317 g/mol. The van der Waals surface area contributed by atoms with Gasteiger partial charge >= 0.3 is 0 Å². The Balaban J connectivity index is 1.42. The van der Waals surface area contributed by atoms with E-state index in [-0.39, 0.29) is 0 Å². The fourth-order valence-corrected chi connectivity index (χ4v) is 8.45. The van der Waals surface area contributed by atoms with Crippen LogP contribution in [0.2, 0.25) is 0 Å². The SMILES string of the molecule is CCC1CCC2C3CCC4CC5(CCC4(C)C3CCC12C)CO5. The van der Waals surface area contributed by atoms with Gasteiger partial charge in [0.2, 0.25) is 0 Å². The first kappa shape index (κ1) is 15.2. The van der Waals surface area contributed by atoms with E-state index in [1.54, 1.807) is 6.42 Å². The van der Waals surface area contributed by atoms with Gasteiger partial charge in [0, 0.05) is 0 Å². The first-order chi connectivity index (χ1) is 11.0. The lowest BCUT2D eigenvalue weighted by atomic mass is 9.44. The van der Waals surface area contributed by atoms with Crippen LogP contribution in [-0.4, -0.2) is 12.2 Å². The summed E-state index contributed by atoms with van der Waals surface area (Å²) in [5.74, 6) is 5.13. The maximum Gasteiger partial charge on any atom is 0.0919 e. The van der Waals surface area contributed by atoms with Gasteiger partial charge in [-0.05, 0) is 98.2 Å². The molecule has 8 atom stereocenters. The fraction of sp³-hybridized carbons (Fsp3) is 1.00. The standard InChI is InChI=1S/C22H36O/c1-4-15-6-8-18-17-7-5-16-13-22(14-23-22)12-11-21(16,3)19(17)9-10-20(15,18)2/h15-19H,4-14H2,1-3H3. The first-order valence-corrected chi connectivity index (χ1v) is 10.6. The van der Waals surface area contributed by atoms with E-state index in [1.165, 1.54) is 57.8 Å². The minimum absolute atomic E-state index is 0.362. The maximum atomic E-state index is 5.88. The predicted octanol–water partition coefficient (Wildman–Crippen LogP) is 5.82. The molecule has 5 rings (SSSR count). The molecule has 0 amide bonds. The molecule has 1 nitrogen and oxygen atoms in total. The third-order valence-electron chi connectivity index (χ3n) is 10.0. The van der Waals surface area contributed by atoms with E-state index in [4.69, 9.17) is 4.74 Å². The summed E-state index contributed by atoms with van der Waals surface area (Å²) in [5.41, 5.74) is 1.70. The summed E-state index contributed by atoms with van der Waals surface area (Å²) in [4.78, 5) is 0. The van der Waals surface area contributed by atoms with Gasteiger partial charge < -0.3 is 4.74 Å². The Bertz CT molecular complexity index is 494. The van der Waals surface area contributed by atoms with E-state index in [0.717, 1.165) is 36.2 Å². The second kappa shape index (κ2) is 4.77. The van der Waals surface area contributed by atoms with E-state index >= 15 is 0 Å². The van der Waals surface area contributed by atoms with Crippen LogP contribution in [0.15, 0.2) is 0 Å². The van der Waals surface area contributed by atoms with Crippen LogP contribution < -0.4 is 0 Å². The van der Waals surface area contributed by atoms with Crippen molar-refractivity contribution in [2.24, 2.45) is 40.4 Å². The largest absolute Gasteiger partial charge is 0.370 e. The number of fused-ring (bicyclic) bond motifs is 5. The maximum absolute atomic E-state index is 5.88. The van der Waals surface area contributed by atoms with Crippen LogP contribution in [0.1, 0.15) is 85.0 Å². The van der Waals surface area contributed by atoms with Crippen molar-refractivity contribution in [3.05, 3.63) is 0 Å². The Labute approximate surface area is 142 Å². The van der Waals surface area contributed by atoms with Crippen LogP contribution in [0.4, 0.5) is 0 Å². The van der Waals surface area contributed by atoms with Crippen molar-refractivity contribution >= 4 is 0 Å². The third kappa shape index (κ3) is 1.95. The lowest BCUT2D eigenvalue weighted by molar-refractivity contribution is -0.120. The Hall–Kier alpha value is -0.0400. The van der Waals surface area contributed by atoms with Gasteiger partial charge in [-0.3, -0.25) is 0 Å². The summed E-state index contributed by atoms with van der Waals surface area (Å²) in [7, 11) is 0. The second-order valence-corrected chi connectivity index (χ2v) is 10.6. The molecule has 1 saturated heterocycles. The highest BCUT2D eigenvalue weighted by Gasteiger charge is 2.62. The van der Waals surface area contributed by atoms with Crippen LogP contribution in [-0.2, 0) is 4.74 Å². The van der Waals surface area contributed by atoms with E-state index in [2.05, 4.69) is 20.8 Å². The minimum atomic E-state index is 0.362. The van der Waals surface area contributed by atoms with Crippen molar-refractivity contribution in [2.45, 2.75) is 90.6 Å². The van der Waals surface area contributed by atoms with Crippen molar-refractivity contribution in [3.8, 4) is 0 Å². The van der Waals surface area contributed by atoms with Gasteiger partial charge in [-0.15, -0.1) is 0 Å². The number of epoxide rings is 1. The summed E-state index contributed by atoms with van der Waals surface area (Å²) < 4.78 is 5.88. The highest BCUT2D eigenvalue weighted by atomic mass is 16.6. The topological polar surface area (TPSA) is 12.5 Å². The molecule has 0 aromatic rings. The van der Waals surface area contributed by atoms with Gasteiger partial charge in [-0.2, -0.15) is 0 Å². The number of hydrogen-bond donors (Lipinski definition) is 0. The van der Waals surface area contributed by atoms with Crippen molar-refractivity contribution in [1.29, 1.82) is 0 Å². The molecule has 0 radical (unpaired) electrons. The molecule has 0 N–H and O–H groups in total. The molecule has 4 saturated carbocycles. The normalized spacial score (nSPS) is 60.9. The highest BCUT2D eigenvalue weighted by molar-refractivity contribution is 5.12. The monoisotopic (exact) mass is 316 g/mol. The van der Waals surface area contributed by atoms with Crippen molar-refractivity contribution in [2.75, 3.05) is 6.61 Å². The van der Waals surface area contributed by atoms with Gasteiger partial charge in [0.1, 0.15) is 0 Å². The molecule has 0 aromatic heterocycles. The van der Waals surface area contributed by atoms with E-state index in [1.807, 2.05) is 0 Å². The third-order valence-corrected chi connectivity index (χ3v) is 10.0. The lowest BCUT2D eigenvalue weighted by Gasteiger charge is -2.61. The number of rotatable bonds is 1. The zero-order valence-corrected chi connectivity index (χ0v) is 15.6. The summed E-state index contributed by atoms with van der Waals surface area (Å²) in [5, 5.41) is 0. The Morgan fingerprint density at radius 3 is 2.39 bits per heavy atom.